The molecule has 0 radical (unpaired) electrons. The van der Waals surface area contributed by atoms with Crippen LogP contribution in [0.3, 0.4) is 0 Å². The SMILES string of the molecule is CCC(C(=O)N/N=C/c1ccc(C)cc1)C(=O)N/N=C/c1ccc(C)cc1. The Kier molecular flexibility index (Phi) is 7.43. The molecule has 2 amide bonds. The van der Waals surface area contributed by atoms with Crippen LogP contribution in [0.15, 0.2) is 58.7 Å². The Bertz CT molecular complexity index is 755. The van der Waals surface area contributed by atoms with Gasteiger partial charge in [-0.15, -0.1) is 0 Å². The molecule has 2 rings (SSSR count). The van der Waals surface area contributed by atoms with Gasteiger partial charge < -0.3 is 0 Å². The first kappa shape index (κ1) is 20.0. The Labute approximate surface area is 159 Å². The third-order valence-corrected chi connectivity index (χ3v) is 3.97. The first-order chi connectivity index (χ1) is 13.0. The van der Waals surface area contributed by atoms with E-state index in [0.717, 1.165) is 22.3 Å². The summed E-state index contributed by atoms with van der Waals surface area (Å²) in [4.78, 5) is 24.4. The second kappa shape index (κ2) is 10.0. The number of nitrogens with one attached hydrogen (secondary N) is 2. The topological polar surface area (TPSA) is 82.9 Å². The lowest BCUT2D eigenvalue weighted by molar-refractivity contribution is -0.135. The molecule has 6 heteroatoms. The molecule has 0 spiro atoms. The van der Waals surface area contributed by atoms with Gasteiger partial charge in [-0.05, 0) is 31.4 Å². The lowest BCUT2D eigenvalue weighted by Crippen LogP contribution is -2.37. The smallest absolute Gasteiger partial charge is 0.252 e. The molecule has 0 atom stereocenters. The fourth-order valence-electron chi connectivity index (χ4n) is 2.29. The van der Waals surface area contributed by atoms with E-state index < -0.39 is 17.7 Å². The van der Waals surface area contributed by atoms with Gasteiger partial charge in [0.05, 0.1) is 12.4 Å². The van der Waals surface area contributed by atoms with Gasteiger partial charge in [0.25, 0.3) is 11.8 Å². The van der Waals surface area contributed by atoms with Crippen molar-refractivity contribution >= 4 is 24.2 Å². The molecule has 0 aliphatic carbocycles. The molecule has 0 heterocycles. The number of benzene rings is 2. The highest BCUT2D eigenvalue weighted by Crippen LogP contribution is 2.04. The molecule has 0 saturated heterocycles. The molecule has 0 aliphatic rings. The molecule has 140 valence electrons. The van der Waals surface area contributed by atoms with Gasteiger partial charge in [0, 0.05) is 0 Å². The number of hydrazone groups is 2. The van der Waals surface area contributed by atoms with E-state index in [1.165, 1.54) is 12.4 Å². The number of hydrogen-bond donors (Lipinski definition) is 2. The van der Waals surface area contributed by atoms with Crippen molar-refractivity contribution in [2.75, 3.05) is 0 Å². The summed E-state index contributed by atoms with van der Waals surface area (Å²) in [6.45, 7) is 5.75. The minimum atomic E-state index is -0.865. The Morgan fingerprint density at radius 1 is 0.815 bits per heavy atom. The third kappa shape index (κ3) is 6.51. The number of carbonyl (C=O) groups is 2. The summed E-state index contributed by atoms with van der Waals surface area (Å²) in [5, 5.41) is 7.83. The van der Waals surface area contributed by atoms with E-state index in [9.17, 15) is 9.59 Å². The Balaban J connectivity index is 1.87. The van der Waals surface area contributed by atoms with Gasteiger partial charge in [0.15, 0.2) is 0 Å². The van der Waals surface area contributed by atoms with E-state index in [0.29, 0.717) is 6.42 Å². The van der Waals surface area contributed by atoms with Crippen molar-refractivity contribution in [2.24, 2.45) is 16.1 Å². The van der Waals surface area contributed by atoms with Crippen LogP contribution in [-0.2, 0) is 9.59 Å². The molecule has 0 bridgehead atoms. The molecule has 2 aromatic carbocycles. The minimum absolute atomic E-state index is 0.345. The van der Waals surface area contributed by atoms with Crippen LogP contribution >= 0.6 is 0 Å². The Morgan fingerprint density at radius 3 is 1.52 bits per heavy atom. The van der Waals surface area contributed by atoms with Crippen molar-refractivity contribution in [3.63, 3.8) is 0 Å². The number of nitrogens with zero attached hydrogens (tertiary/aromatic N) is 2. The van der Waals surface area contributed by atoms with Crippen LogP contribution in [0.25, 0.3) is 0 Å². The predicted molar refractivity (Wildman–Crippen MR) is 108 cm³/mol. The van der Waals surface area contributed by atoms with E-state index in [2.05, 4.69) is 21.1 Å². The summed E-state index contributed by atoms with van der Waals surface area (Å²) < 4.78 is 0. The first-order valence-electron chi connectivity index (χ1n) is 8.78. The summed E-state index contributed by atoms with van der Waals surface area (Å²) in [6, 6.07) is 15.4. The Hall–Kier alpha value is -3.28. The monoisotopic (exact) mass is 364 g/mol. The maximum atomic E-state index is 12.2. The summed E-state index contributed by atoms with van der Waals surface area (Å²) in [6.07, 6.45) is 3.42. The molecule has 0 aliphatic heterocycles. The average Bonchev–Trinajstić information content (AvgIpc) is 2.65. The molecule has 0 unspecified atom stereocenters. The van der Waals surface area contributed by atoms with Crippen LogP contribution in [0.1, 0.15) is 35.6 Å². The van der Waals surface area contributed by atoms with Gasteiger partial charge in [0.2, 0.25) is 0 Å². The first-order valence-corrected chi connectivity index (χ1v) is 8.78. The molecule has 0 fully saturated rings. The van der Waals surface area contributed by atoms with Crippen molar-refractivity contribution in [1.29, 1.82) is 0 Å². The highest BCUT2D eigenvalue weighted by molar-refractivity contribution is 6.00. The lowest BCUT2D eigenvalue weighted by Gasteiger charge is -2.10. The molecule has 2 aromatic rings. The van der Waals surface area contributed by atoms with Gasteiger partial charge in [-0.3, -0.25) is 9.59 Å². The van der Waals surface area contributed by atoms with E-state index >= 15 is 0 Å². The molecule has 0 saturated carbocycles. The maximum absolute atomic E-state index is 12.2. The van der Waals surface area contributed by atoms with Crippen molar-refractivity contribution in [1.82, 2.24) is 10.9 Å². The molecule has 2 N–H and O–H groups in total. The fourth-order valence-corrected chi connectivity index (χ4v) is 2.29. The number of rotatable bonds is 7. The van der Waals surface area contributed by atoms with Gasteiger partial charge >= 0.3 is 0 Å². The summed E-state index contributed by atoms with van der Waals surface area (Å²) in [7, 11) is 0. The highest BCUT2D eigenvalue weighted by atomic mass is 16.2. The van der Waals surface area contributed by atoms with Crippen molar-refractivity contribution in [2.45, 2.75) is 27.2 Å². The van der Waals surface area contributed by atoms with Crippen LogP contribution < -0.4 is 10.9 Å². The lowest BCUT2D eigenvalue weighted by atomic mass is 10.1. The van der Waals surface area contributed by atoms with Gasteiger partial charge in [-0.2, -0.15) is 10.2 Å². The van der Waals surface area contributed by atoms with Crippen LogP contribution in [0.5, 0.6) is 0 Å². The summed E-state index contributed by atoms with van der Waals surface area (Å²) in [5.41, 5.74) is 8.83. The number of aryl methyl sites for hydroxylation is 2. The zero-order valence-electron chi connectivity index (χ0n) is 15.8. The number of hydrogen-bond acceptors (Lipinski definition) is 4. The molecule has 6 nitrogen and oxygen atoms in total. The van der Waals surface area contributed by atoms with Crippen LogP contribution in [0.4, 0.5) is 0 Å². The summed E-state index contributed by atoms with van der Waals surface area (Å²) >= 11 is 0. The fraction of sp³-hybridized carbons (Fsp3) is 0.238. The van der Waals surface area contributed by atoms with Crippen LogP contribution in [0, 0.1) is 19.8 Å². The molecular formula is C21H24N4O2. The maximum Gasteiger partial charge on any atom is 0.252 e. The van der Waals surface area contributed by atoms with Crippen molar-refractivity contribution < 1.29 is 9.59 Å². The Morgan fingerprint density at radius 2 is 1.19 bits per heavy atom. The zero-order chi connectivity index (χ0) is 19.6. The van der Waals surface area contributed by atoms with E-state index in [-0.39, 0.29) is 0 Å². The van der Waals surface area contributed by atoms with E-state index in [1.807, 2.05) is 62.4 Å². The third-order valence-electron chi connectivity index (χ3n) is 3.97. The van der Waals surface area contributed by atoms with Crippen molar-refractivity contribution in [3.8, 4) is 0 Å². The van der Waals surface area contributed by atoms with Gasteiger partial charge in [0.1, 0.15) is 5.92 Å². The van der Waals surface area contributed by atoms with Crippen LogP contribution in [-0.4, -0.2) is 24.2 Å². The van der Waals surface area contributed by atoms with Gasteiger partial charge in [-0.1, -0.05) is 66.6 Å². The minimum Gasteiger partial charge on any atom is -0.272 e. The standard InChI is InChI=1S/C21H24N4O2/c1-4-19(20(26)24-22-13-17-9-5-15(2)6-10-17)21(27)25-23-14-18-11-7-16(3)8-12-18/h5-14,19H,4H2,1-3H3,(H,24,26)(H,25,27)/b22-13+,23-14+. The van der Waals surface area contributed by atoms with Gasteiger partial charge in [-0.25, -0.2) is 10.9 Å². The number of amides is 2. The molecule has 0 aromatic heterocycles. The predicted octanol–water partition coefficient (Wildman–Crippen LogP) is 2.93. The second-order valence-corrected chi connectivity index (χ2v) is 6.25. The average molecular weight is 364 g/mol. The van der Waals surface area contributed by atoms with E-state index in [4.69, 9.17) is 0 Å². The summed E-state index contributed by atoms with van der Waals surface area (Å²) in [5.74, 6) is -1.80. The largest absolute Gasteiger partial charge is 0.272 e. The normalized spacial score (nSPS) is 11.3. The highest BCUT2D eigenvalue weighted by Gasteiger charge is 2.24. The van der Waals surface area contributed by atoms with E-state index in [1.54, 1.807) is 6.92 Å². The van der Waals surface area contributed by atoms with Crippen molar-refractivity contribution in [3.05, 3.63) is 70.8 Å². The molecular weight excluding hydrogens is 340 g/mol. The quantitative estimate of drug-likeness (QED) is 0.450. The zero-order valence-corrected chi connectivity index (χ0v) is 15.8. The number of carbonyl (C=O) groups excluding carboxylic acids is 2. The molecule has 27 heavy (non-hydrogen) atoms. The second-order valence-electron chi connectivity index (χ2n) is 6.25. The van der Waals surface area contributed by atoms with Crippen LogP contribution in [0.2, 0.25) is 0 Å².